The van der Waals surface area contributed by atoms with Crippen molar-refractivity contribution in [2.75, 3.05) is 5.32 Å². The van der Waals surface area contributed by atoms with E-state index in [0.29, 0.717) is 19.7 Å². The third kappa shape index (κ3) is 6.71. The summed E-state index contributed by atoms with van der Waals surface area (Å²) in [5.74, 6) is 0.807. The van der Waals surface area contributed by atoms with Crippen molar-refractivity contribution in [3.8, 4) is 5.75 Å². The Kier molecular flexibility index (Phi) is 7.39. The van der Waals surface area contributed by atoms with E-state index in [1.165, 1.54) is 0 Å². The number of amides is 2. The van der Waals surface area contributed by atoms with Crippen LogP contribution in [0.1, 0.15) is 22.3 Å². The molecule has 0 aliphatic rings. The van der Waals surface area contributed by atoms with Gasteiger partial charge >= 0.3 is 6.03 Å². The second-order valence-corrected chi connectivity index (χ2v) is 8.06. The third-order valence-electron chi connectivity index (χ3n) is 5.32. The van der Waals surface area contributed by atoms with Crippen LogP contribution in [0.2, 0.25) is 0 Å². The molecule has 0 unspecified atom stereocenters. The smallest absolute Gasteiger partial charge is 0.322 e. The average molecular weight is 437 g/mol. The number of benzene rings is 4. The summed E-state index contributed by atoms with van der Waals surface area (Å²) in [5.41, 5.74) is 5.15. The molecule has 4 heteroatoms. The standard InChI is InChI=1S/C29H28N2O2/c1-23-9-8-14-27(19-23)30-29(32)31(20-24-10-4-2-5-11-24)21-25-15-17-28(18-16-25)33-22-26-12-6-3-7-13-26/h2-19H,20-22H2,1H3,(H,30,32). The molecule has 4 aromatic carbocycles. The van der Waals surface area contributed by atoms with Crippen LogP contribution in [0.15, 0.2) is 109 Å². The van der Waals surface area contributed by atoms with Gasteiger partial charge in [0, 0.05) is 18.8 Å². The highest BCUT2D eigenvalue weighted by atomic mass is 16.5. The number of hydrogen-bond acceptors (Lipinski definition) is 2. The predicted octanol–water partition coefficient (Wildman–Crippen LogP) is 6.81. The zero-order valence-corrected chi connectivity index (χ0v) is 18.8. The minimum absolute atomic E-state index is 0.131. The SMILES string of the molecule is Cc1cccc(NC(=O)N(Cc2ccccc2)Cc2ccc(OCc3ccccc3)cc2)c1. The van der Waals surface area contributed by atoms with Crippen LogP contribution in [0.5, 0.6) is 5.75 Å². The van der Waals surface area contributed by atoms with E-state index in [1.54, 1.807) is 0 Å². The van der Waals surface area contributed by atoms with Gasteiger partial charge in [0.05, 0.1) is 0 Å². The van der Waals surface area contributed by atoms with Crippen molar-refractivity contribution < 1.29 is 9.53 Å². The van der Waals surface area contributed by atoms with Gasteiger partial charge in [-0.1, -0.05) is 84.9 Å². The van der Waals surface area contributed by atoms with Crippen LogP contribution in [0, 0.1) is 6.92 Å². The largest absolute Gasteiger partial charge is 0.489 e. The van der Waals surface area contributed by atoms with Crippen LogP contribution in [0.4, 0.5) is 10.5 Å². The highest BCUT2D eigenvalue weighted by molar-refractivity contribution is 5.89. The molecule has 0 saturated carbocycles. The molecule has 0 fully saturated rings. The fourth-order valence-electron chi connectivity index (χ4n) is 3.58. The highest BCUT2D eigenvalue weighted by Gasteiger charge is 2.15. The molecule has 0 heterocycles. The van der Waals surface area contributed by atoms with Crippen LogP contribution in [-0.4, -0.2) is 10.9 Å². The van der Waals surface area contributed by atoms with Crippen LogP contribution in [-0.2, 0) is 19.7 Å². The van der Waals surface area contributed by atoms with Gasteiger partial charge in [-0.25, -0.2) is 4.79 Å². The number of carbonyl (C=O) groups is 1. The zero-order valence-electron chi connectivity index (χ0n) is 18.8. The Labute approximate surface area is 195 Å². The lowest BCUT2D eigenvalue weighted by Crippen LogP contribution is -2.34. The molecular formula is C29H28N2O2. The Hall–Kier alpha value is -4.05. The van der Waals surface area contributed by atoms with Gasteiger partial charge in [-0.15, -0.1) is 0 Å². The number of hydrogen-bond donors (Lipinski definition) is 1. The van der Waals surface area contributed by atoms with Crippen LogP contribution in [0.25, 0.3) is 0 Å². The molecule has 4 aromatic rings. The van der Waals surface area contributed by atoms with Crippen molar-refractivity contribution in [1.82, 2.24) is 4.90 Å². The number of nitrogens with zero attached hydrogens (tertiary/aromatic N) is 1. The summed E-state index contributed by atoms with van der Waals surface area (Å²) < 4.78 is 5.89. The number of rotatable bonds is 8. The van der Waals surface area contributed by atoms with Crippen LogP contribution < -0.4 is 10.1 Å². The Morgan fingerprint density at radius 1 is 0.727 bits per heavy atom. The summed E-state index contributed by atoms with van der Waals surface area (Å²) in [6, 6.07) is 35.8. The lowest BCUT2D eigenvalue weighted by Gasteiger charge is -2.24. The molecule has 166 valence electrons. The highest BCUT2D eigenvalue weighted by Crippen LogP contribution is 2.18. The Morgan fingerprint density at radius 3 is 1.97 bits per heavy atom. The van der Waals surface area contributed by atoms with Crippen molar-refractivity contribution >= 4 is 11.7 Å². The molecule has 33 heavy (non-hydrogen) atoms. The molecule has 0 atom stereocenters. The summed E-state index contributed by atoms with van der Waals surface area (Å²) in [4.78, 5) is 15.0. The van der Waals surface area contributed by atoms with E-state index in [2.05, 4.69) is 5.32 Å². The maximum absolute atomic E-state index is 13.1. The van der Waals surface area contributed by atoms with E-state index in [-0.39, 0.29) is 6.03 Å². The molecule has 0 aromatic heterocycles. The molecule has 4 nitrogen and oxygen atoms in total. The Morgan fingerprint density at radius 2 is 1.33 bits per heavy atom. The molecule has 0 aliphatic heterocycles. The summed E-state index contributed by atoms with van der Waals surface area (Å²) in [6.07, 6.45) is 0. The van der Waals surface area contributed by atoms with Crippen molar-refractivity contribution in [1.29, 1.82) is 0 Å². The molecular weight excluding hydrogens is 408 g/mol. The van der Waals surface area contributed by atoms with Crippen molar-refractivity contribution in [3.05, 3.63) is 131 Å². The van der Waals surface area contributed by atoms with Crippen molar-refractivity contribution in [2.24, 2.45) is 0 Å². The Bertz CT molecular complexity index is 1160. The number of carbonyl (C=O) groups excluding carboxylic acids is 1. The minimum Gasteiger partial charge on any atom is -0.489 e. The van der Waals surface area contributed by atoms with Crippen LogP contribution >= 0.6 is 0 Å². The number of anilines is 1. The normalized spacial score (nSPS) is 10.5. The molecule has 0 saturated heterocycles. The zero-order chi connectivity index (χ0) is 22.9. The van der Waals surface area contributed by atoms with E-state index in [1.807, 2.05) is 121 Å². The second-order valence-electron chi connectivity index (χ2n) is 8.06. The van der Waals surface area contributed by atoms with Gasteiger partial charge in [-0.05, 0) is 53.4 Å². The maximum Gasteiger partial charge on any atom is 0.322 e. The minimum atomic E-state index is -0.131. The van der Waals surface area contributed by atoms with Gasteiger partial charge in [0.15, 0.2) is 0 Å². The monoisotopic (exact) mass is 436 g/mol. The first kappa shape index (κ1) is 22.2. The quantitative estimate of drug-likeness (QED) is 0.330. The molecule has 0 radical (unpaired) electrons. The van der Waals surface area contributed by atoms with E-state index in [0.717, 1.165) is 33.7 Å². The van der Waals surface area contributed by atoms with Gasteiger partial charge in [0.25, 0.3) is 0 Å². The van der Waals surface area contributed by atoms with E-state index in [4.69, 9.17) is 4.74 Å². The topological polar surface area (TPSA) is 41.6 Å². The average Bonchev–Trinajstić information content (AvgIpc) is 2.84. The van der Waals surface area contributed by atoms with Gasteiger partial charge in [0.1, 0.15) is 12.4 Å². The summed E-state index contributed by atoms with van der Waals surface area (Å²) in [7, 11) is 0. The van der Waals surface area contributed by atoms with Crippen LogP contribution in [0.3, 0.4) is 0 Å². The Balaban J connectivity index is 1.44. The molecule has 0 spiro atoms. The number of nitrogens with one attached hydrogen (secondary N) is 1. The van der Waals surface area contributed by atoms with E-state index < -0.39 is 0 Å². The maximum atomic E-state index is 13.1. The fourth-order valence-corrected chi connectivity index (χ4v) is 3.58. The summed E-state index contributed by atoms with van der Waals surface area (Å²) >= 11 is 0. The summed E-state index contributed by atoms with van der Waals surface area (Å²) in [5, 5.41) is 3.04. The molecule has 1 N–H and O–H groups in total. The lowest BCUT2D eigenvalue weighted by molar-refractivity contribution is 0.206. The van der Waals surface area contributed by atoms with Crippen molar-refractivity contribution in [3.63, 3.8) is 0 Å². The van der Waals surface area contributed by atoms with Crippen molar-refractivity contribution in [2.45, 2.75) is 26.6 Å². The molecule has 0 aliphatic carbocycles. The van der Waals surface area contributed by atoms with E-state index in [9.17, 15) is 4.79 Å². The fraction of sp³-hybridized carbons (Fsp3) is 0.138. The lowest BCUT2D eigenvalue weighted by atomic mass is 10.1. The predicted molar refractivity (Wildman–Crippen MR) is 133 cm³/mol. The van der Waals surface area contributed by atoms with E-state index >= 15 is 0 Å². The van der Waals surface area contributed by atoms with Gasteiger partial charge in [0.2, 0.25) is 0 Å². The molecule has 2 amide bonds. The molecule has 0 bridgehead atoms. The first-order valence-corrected chi connectivity index (χ1v) is 11.1. The summed E-state index contributed by atoms with van der Waals surface area (Å²) in [6.45, 7) is 3.55. The number of aryl methyl sites for hydroxylation is 1. The van der Waals surface area contributed by atoms with Gasteiger partial charge in [-0.3, -0.25) is 0 Å². The van der Waals surface area contributed by atoms with Gasteiger partial charge < -0.3 is 15.0 Å². The molecule has 4 rings (SSSR count). The first-order valence-electron chi connectivity index (χ1n) is 11.1. The number of ether oxygens (including phenoxy) is 1. The number of urea groups is 1. The van der Waals surface area contributed by atoms with Gasteiger partial charge in [-0.2, -0.15) is 0 Å². The first-order chi connectivity index (χ1) is 16.2. The third-order valence-corrected chi connectivity index (χ3v) is 5.32. The second kappa shape index (κ2) is 11.0.